The van der Waals surface area contributed by atoms with E-state index in [0.29, 0.717) is 0 Å². The van der Waals surface area contributed by atoms with Crippen LogP contribution in [0.15, 0.2) is 24.3 Å². The SMILES string of the molecule is Cc1ccccc1N1CCOCC1.N. The summed E-state index contributed by atoms with van der Waals surface area (Å²) in [4.78, 5) is 2.39. The minimum absolute atomic E-state index is 0. The van der Waals surface area contributed by atoms with E-state index in [4.69, 9.17) is 4.74 Å². The summed E-state index contributed by atoms with van der Waals surface area (Å²) in [5, 5.41) is 0. The molecule has 0 aliphatic carbocycles. The van der Waals surface area contributed by atoms with Crippen LogP contribution in [0, 0.1) is 6.92 Å². The second kappa shape index (κ2) is 4.98. The smallest absolute Gasteiger partial charge is 0.0642 e. The number of rotatable bonds is 1. The second-order valence-corrected chi connectivity index (χ2v) is 3.39. The Hall–Kier alpha value is -1.06. The lowest BCUT2D eigenvalue weighted by atomic mass is 10.2. The highest BCUT2D eigenvalue weighted by molar-refractivity contribution is 5.53. The molecule has 1 aromatic rings. The maximum Gasteiger partial charge on any atom is 0.0642 e. The molecule has 1 aliphatic heterocycles. The van der Waals surface area contributed by atoms with E-state index < -0.39 is 0 Å². The van der Waals surface area contributed by atoms with Crippen molar-refractivity contribution in [3.8, 4) is 0 Å². The number of benzene rings is 1. The molecule has 14 heavy (non-hydrogen) atoms. The Morgan fingerprint density at radius 2 is 1.79 bits per heavy atom. The monoisotopic (exact) mass is 194 g/mol. The van der Waals surface area contributed by atoms with Crippen molar-refractivity contribution in [2.45, 2.75) is 6.92 Å². The van der Waals surface area contributed by atoms with Crippen molar-refractivity contribution < 1.29 is 4.74 Å². The lowest BCUT2D eigenvalue weighted by Gasteiger charge is -2.30. The third kappa shape index (κ3) is 2.25. The summed E-state index contributed by atoms with van der Waals surface area (Å²) in [6.45, 7) is 5.91. The number of morpholine rings is 1. The first-order chi connectivity index (χ1) is 6.38. The zero-order valence-corrected chi connectivity index (χ0v) is 8.70. The predicted molar refractivity (Wildman–Crippen MR) is 59.2 cm³/mol. The van der Waals surface area contributed by atoms with Crippen molar-refractivity contribution in [2.75, 3.05) is 31.2 Å². The number of hydrogen-bond acceptors (Lipinski definition) is 3. The zero-order chi connectivity index (χ0) is 9.10. The molecule has 78 valence electrons. The van der Waals surface area contributed by atoms with Gasteiger partial charge in [0, 0.05) is 18.8 Å². The molecule has 0 aromatic heterocycles. The second-order valence-electron chi connectivity index (χ2n) is 3.39. The lowest BCUT2D eigenvalue weighted by molar-refractivity contribution is 0.122. The molecule has 1 aromatic carbocycles. The molecule has 0 saturated carbocycles. The van der Waals surface area contributed by atoms with Crippen molar-refractivity contribution in [3.63, 3.8) is 0 Å². The van der Waals surface area contributed by atoms with Gasteiger partial charge in [0.25, 0.3) is 0 Å². The van der Waals surface area contributed by atoms with Crippen LogP contribution in [-0.2, 0) is 4.74 Å². The van der Waals surface area contributed by atoms with Crippen molar-refractivity contribution >= 4 is 5.69 Å². The molecule has 0 spiro atoms. The van der Waals surface area contributed by atoms with Gasteiger partial charge in [0.1, 0.15) is 0 Å². The summed E-state index contributed by atoms with van der Waals surface area (Å²) in [6, 6.07) is 8.52. The lowest BCUT2D eigenvalue weighted by Crippen LogP contribution is -2.36. The normalized spacial score (nSPS) is 16.2. The Morgan fingerprint density at radius 3 is 2.43 bits per heavy atom. The molecule has 0 unspecified atom stereocenters. The number of aryl methyl sites for hydroxylation is 1. The molecule has 1 heterocycles. The van der Waals surface area contributed by atoms with Crippen LogP contribution in [0.1, 0.15) is 5.56 Å². The van der Waals surface area contributed by atoms with Crippen molar-refractivity contribution in [1.82, 2.24) is 6.15 Å². The minimum atomic E-state index is 0. The molecular weight excluding hydrogens is 176 g/mol. The van der Waals surface area contributed by atoms with Gasteiger partial charge in [-0.3, -0.25) is 0 Å². The third-order valence-electron chi connectivity index (χ3n) is 2.47. The summed E-state index contributed by atoms with van der Waals surface area (Å²) < 4.78 is 5.32. The van der Waals surface area contributed by atoms with E-state index in [9.17, 15) is 0 Å². The maximum absolute atomic E-state index is 5.32. The predicted octanol–water partition coefficient (Wildman–Crippen LogP) is 1.99. The number of anilines is 1. The largest absolute Gasteiger partial charge is 0.378 e. The summed E-state index contributed by atoms with van der Waals surface area (Å²) >= 11 is 0. The molecule has 1 fully saturated rings. The molecule has 3 heteroatoms. The number of para-hydroxylation sites is 1. The number of hydrogen-bond donors (Lipinski definition) is 1. The molecule has 2 rings (SSSR count). The van der Waals surface area contributed by atoms with Gasteiger partial charge in [0.15, 0.2) is 0 Å². The Labute approximate surface area is 85.3 Å². The fourth-order valence-electron chi connectivity index (χ4n) is 1.72. The third-order valence-corrected chi connectivity index (χ3v) is 2.47. The van der Waals surface area contributed by atoms with Gasteiger partial charge in [-0.1, -0.05) is 18.2 Å². The van der Waals surface area contributed by atoms with Gasteiger partial charge in [-0.25, -0.2) is 0 Å². The molecule has 3 nitrogen and oxygen atoms in total. The highest BCUT2D eigenvalue weighted by Gasteiger charge is 2.11. The van der Waals surface area contributed by atoms with Gasteiger partial charge >= 0.3 is 0 Å². The van der Waals surface area contributed by atoms with Gasteiger partial charge in [0.2, 0.25) is 0 Å². The van der Waals surface area contributed by atoms with Crippen LogP contribution < -0.4 is 11.1 Å². The summed E-state index contributed by atoms with van der Waals surface area (Å²) in [7, 11) is 0. The summed E-state index contributed by atoms with van der Waals surface area (Å²) in [5.74, 6) is 0. The molecule has 3 N–H and O–H groups in total. The van der Waals surface area contributed by atoms with Crippen LogP contribution in [-0.4, -0.2) is 26.3 Å². The van der Waals surface area contributed by atoms with Crippen molar-refractivity contribution in [2.24, 2.45) is 0 Å². The van der Waals surface area contributed by atoms with Gasteiger partial charge < -0.3 is 15.8 Å². The Morgan fingerprint density at radius 1 is 1.14 bits per heavy atom. The first kappa shape index (κ1) is 11.0. The van der Waals surface area contributed by atoms with E-state index in [-0.39, 0.29) is 6.15 Å². The number of ether oxygens (including phenoxy) is 1. The van der Waals surface area contributed by atoms with Crippen LogP contribution in [0.25, 0.3) is 0 Å². The molecule has 0 amide bonds. The van der Waals surface area contributed by atoms with Gasteiger partial charge in [0.05, 0.1) is 13.2 Å². The highest BCUT2D eigenvalue weighted by Crippen LogP contribution is 2.19. The molecule has 0 bridgehead atoms. The minimum Gasteiger partial charge on any atom is -0.378 e. The topological polar surface area (TPSA) is 47.5 Å². The van der Waals surface area contributed by atoms with Gasteiger partial charge in [-0.05, 0) is 18.6 Å². The van der Waals surface area contributed by atoms with Gasteiger partial charge in [-0.2, -0.15) is 0 Å². The van der Waals surface area contributed by atoms with E-state index in [1.165, 1.54) is 11.3 Å². The Kier molecular flexibility index (Phi) is 3.92. The molecule has 0 atom stereocenters. The van der Waals surface area contributed by atoms with E-state index in [0.717, 1.165) is 26.3 Å². The maximum atomic E-state index is 5.32. The Balaban J connectivity index is 0.000000980. The average molecular weight is 194 g/mol. The molecule has 1 aliphatic rings. The average Bonchev–Trinajstić information content (AvgIpc) is 2.20. The molecule has 1 saturated heterocycles. The van der Waals surface area contributed by atoms with Crippen molar-refractivity contribution in [3.05, 3.63) is 29.8 Å². The van der Waals surface area contributed by atoms with E-state index in [1.807, 2.05) is 0 Å². The van der Waals surface area contributed by atoms with Crippen LogP contribution in [0.3, 0.4) is 0 Å². The van der Waals surface area contributed by atoms with Crippen LogP contribution in [0.2, 0.25) is 0 Å². The fourth-order valence-corrected chi connectivity index (χ4v) is 1.72. The fraction of sp³-hybridized carbons (Fsp3) is 0.455. The zero-order valence-electron chi connectivity index (χ0n) is 8.70. The highest BCUT2D eigenvalue weighted by atomic mass is 16.5. The quantitative estimate of drug-likeness (QED) is 0.743. The van der Waals surface area contributed by atoms with E-state index in [2.05, 4.69) is 36.1 Å². The summed E-state index contributed by atoms with van der Waals surface area (Å²) in [5.41, 5.74) is 2.70. The molecule has 0 radical (unpaired) electrons. The van der Waals surface area contributed by atoms with Crippen LogP contribution >= 0.6 is 0 Å². The first-order valence-corrected chi connectivity index (χ1v) is 4.76. The van der Waals surface area contributed by atoms with Crippen LogP contribution in [0.5, 0.6) is 0 Å². The van der Waals surface area contributed by atoms with E-state index >= 15 is 0 Å². The standard InChI is InChI=1S/C11H15NO.H3N/c1-10-4-2-3-5-11(10)12-6-8-13-9-7-12;/h2-5H,6-9H2,1H3;1H3. The van der Waals surface area contributed by atoms with Crippen molar-refractivity contribution in [1.29, 1.82) is 0 Å². The van der Waals surface area contributed by atoms with Gasteiger partial charge in [-0.15, -0.1) is 0 Å². The number of nitrogens with zero attached hydrogens (tertiary/aromatic N) is 1. The van der Waals surface area contributed by atoms with E-state index in [1.54, 1.807) is 0 Å². The Bertz CT molecular complexity index is 282. The van der Waals surface area contributed by atoms with Crippen LogP contribution in [0.4, 0.5) is 5.69 Å². The summed E-state index contributed by atoms with van der Waals surface area (Å²) in [6.07, 6.45) is 0. The molecular formula is C11H18N2O. The first-order valence-electron chi connectivity index (χ1n) is 4.76.